The van der Waals surface area contributed by atoms with E-state index in [1.165, 1.54) is 0 Å². The summed E-state index contributed by atoms with van der Waals surface area (Å²) >= 11 is 6.23. The van der Waals surface area contributed by atoms with Crippen LogP contribution in [-0.4, -0.2) is 12.2 Å². The summed E-state index contributed by atoms with van der Waals surface area (Å²) in [7, 11) is 1.61. The van der Waals surface area contributed by atoms with Crippen molar-refractivity contribution in [3.63, 3.8) is 0 Å². The second kappa shape index (κ2) is 5.76. The van der Waals surface area contributed by atoms with Crippen LogP contribution in [-0.2, 0) is 0 Å². The van der Waals surface area contributed by atoms with Gasteiger partial charge in [0.25, 0.3) is 0 Å². The van der Waals surface area contributed by atoms with Crippen molar-refractivity contribution in [2.45, 2.75) is 6.10 Å². The fourth-order valence-electron chi connectivity index (χ4n) is 2.52. The highest BCUT2D eigenvalue weighted by molar-refractivity contribution is 6.35. The molecular formula is C18H15ClO2. The third-order valence-electron chi connectivity index (χ3n) is 3.61. The molecule has 0 radical (unpaired) electrons. The fraction of sp³-hybridized carbons (Fsp3) is 0.111. The van der Waals surface area contributed by atoms with Crippen LogP contribution >= 0.6 is 11.6 Å². The summed E-state index contributed by atoms with van der Waals surface area (Å²) in [5.74, 6) is 0.727. The zero-order valence-corrected chi connectivity index (χ0v) is 12.3. The van der Waals surface area contributed by atoms with Gasteiger partial charge in [0.05, 0.1) is 7.11 Å². The Bertz CT molecular complexity index is 783. The SMILES string of the molecule is COc1cccc(C(O)c2ccc(Cl)c3ccccc23)c1. The van der Waals surface area contributed by atoms with Crippen molar-refractivity contribution < 1.29 is 9.84 Å². The van der Waals surface area contributed by atoms with Crippen LogP contribution in [0.4, 0.5) is 0 Å². The van der Waals surface area contributed by atoms with Gasteiger partial charge in [0.1, 0.15) is 11.9 Å². The second-order valence-electron chi connectivity index (χ2n) is 4.86. The van der Waals surface area contributed by atoms with Crippen LogP contribution in [0.1, 0.15) is 17.2 Å². The Morgan fingerprint density at radius 3 is 2.48 bits per heavy atom. The fourth-order valence-corrected chi connectivity index (χ4v) is 2.74. The summed E-state index contributed by atoms with van der Waals surface area (Å²) < 4.78 is 5.22. The Morgan fingerprint density at radius 1 is 0.952 bits per heavy atom. The second-order valence-corrected chi connectivity index (χ2v) is 5.27. The van der Waals surface area contributed by atoms with E-state index in [2.05, 4.69) is 0 Å². The first-order valence-corrected chi connectivity index (χ1v) is 7.07. The molecule has 2 nitrogen and oxygen atoms in total. The molecule has 0 fully saturated rings. The van der Waals surface area contributed by atoms with Gasteiger partial charge >= 0.3 is 0 Å². The molecule has 3 aromatic carbocycles. The Labute approximate surface area is 128 Å². The largest absolute Gasteiger partial charge is 0.497 e. The van der Waals surface area contributed by atoms with Gasteiger partial charge in [0, 0.05) is 10.4 Å². The predicted octanol–water partition coefficient (Wildman–Crippen LogP) is 4.58. The normalized spacial score (nSPS) is 12.3. The Balaban J connectivity index is 2.13. The summed E-state index contributed by atoms with van der Waals surface area (Å²) in [6, 6.07) is 19.0. The van der Waals surface area contributed by atoms with Crippen molar-refractivity contribution in [2.24, 2.45) is 0 Å². The van der Waals surface area contributed by atoms with Gasteiger partial charge in [-0.25, -0.2) is 0 Å². The molecule has 0 saturated heterocycles. The monoisotopic (exact) mass is 298 g/mol. The summed E-state index contributed by atoms with van der Waals surface area (Å²) in [5.41, 5.74) is 1.63. The highest BCUT2D eigenvalue weighted by Gasteiger charge is 2.15. The van der Waals surface area contributed by atoms with Crippen LogP contribution in [0, 0.1) is 0 Å². The molecule has 3 rings (SSSR count). The number of halogens is 1. The summed E-state index contributed by atoms with van der Waals surface area (Å²) in [4.78, 5) is 0. The van der Waals surface area contributed by atoms with Crippen LogP contribution < -0.4 is 4.74 Å². The van der Waals surface area contributed by atoms with E-state index in [0.717, 1.165) is 27.6 Å². The average molecular weight is 299 g/mol. The molecule has 3 heteroatoms. The van der Waals surface area contributed by atoms with Gasteiger partial charge in [-0.3, -0.25) is 0 Å². The molecule has 0 amide bonds. The highest BCUT2D eigenvalue weighted by Crippen LogP contribution is 2.33. The minimum atomic E-state index is -0.720. The third-order valence-corrected chi connectivity index (χ3v) is 3.94. The van der Waals surface area contributed by atoms with Crippen molar-refractivity contribution >= 4 is 22.4 Å². The minimum Gasteiger partial charge on any atom is -0.497 e. The lowest BCUT2D eigenvalue weighted by molar-refractivity contribution is 0.221. The van der Waals surface area contributed by atoms with E-state index in [4.69, 9.17) is 16.3 Å². The lowest BCUT2D eigenvalue weighted by atomic mass is 9.96. The van der Waals surface area contributed by atoms with Crippen LogP contribution in [0.15, 0.2) is 60.7 Å². The zero-order chi connectivity index (χ0) is 14.8. The van der Waals surface area contributed by atoms with Crippen molar-refractivity contribution in [3.8, 4) is 5.75 Å². The van der Waals surface area contributed by atoms with Crippen LogP contribution in [0.5, 0.6) is 5.75 Å². The van der Waals surface area contributed by atoms with E-state index >= 15 is 0 Å². The standard InChI is InChI=1S/C18H15ClO2/c1-21-13-6-4-5-12(11-13)18(20)16-9-10-17(19)15-8-3-2-7-14(15)16/h2-11,18,20H,1H3. The van der Waals surface area contributed by atoms with E-state index in [-0.39, 0.29) is 0 Å². The van der Waals surface area contributed by atoms with E-state index in [9.17, 15) is 5.11 Å². The maximum atomic E-state index is 10.7. The number of hydrogen-bond donors (Lipinski definition) is 1. The number of aliphatic hydroxyl groups is 1. The first-order chi connectivity index (χ1) is 10.2. The quantitative estimate of drug-likeness (QED) is 0.766. The smallest absolute Gasteiger partial charge is 0.119 e. The summed E-state index contributed by atoms with van der Waals surface area (Å²) in [5, 5.41) is 13.3. The highest BCUT2D eigenvalue weighted by atomic mass is 35.5. The number of hydrogen-bond acceptors (Lipinski definition) is 2. The van der Waals surface area contributed by atoms with Gasteiger partial charge in [0.2, 0.25) is 0 Å². The topological polar surface area (TPSA) is 29.5 Å². The van der Waals surface area contributed by atoms with E-state index in [0.29, 0.717) is 5.02 Å². The predicted molar refractivity (Wildman–Crippen MR) is 86.0 cm³/mol. The molecule has 0 spiro atoms. The molecule has 0 aliphatic heterocycles. The van der Waals surface area contributed by atoms with Gasteiger partial charge in [0.15, 0.2) is 0 Å². The molecule has 0 aromatic heterocycles. The summed E-state index contributed by atoms with van der Waals surface area (Å²) in [6.07, 6.45) is -0.720. The molecule has 1 unspecified atom stereocenters. The van der Waals surface area contributed by atoms with Gasteiger partial charge < -0.3 is 9.84 Å². The van der Waals surface area contributed by atoms with Gasteiger partial charge in [-0.1, -0.05) is 54.1 Å². The number of rotatable bonds is 3. The molecule has 1 N–H and O–H groups in total. The van der Waals surface area contributed by atoms with E-state index in [1.54, 1.807) is 7.11 Å². The summed E-state index contributed by atoms with van der Waals surface area (Å²) in [6.45, 7) is 0. The number of fused-ring (bicyclic) bond motifs is 1. The van der Waals surface area contributed by atoms with Crippen LogP contribution in [0.25, 0.3) is 10.8 Å². The molecular weight excluding hydrogens is 284 g/mol. The maximum Gasteiger partial charge on any atom is 0.119 e. The van der Waals surface area contributed by atoms with Gasteiger partial charge in [-0.05, 0) is 34.7 Å². The molecule has 0 bridgehead atoms. The number of benzene rings is 3. The first kappa shape index (κ1) is 13.9. The van der Waals surface area contributed by atoms with E-state index in [1.807, 2.05) is 60.7 Å². The van der Waals surface area contributed by atoms with Crippen molar-refractivity contribution in [3.05, 3.63) is 76.8 Å². The molecule has 0 aliphatic rings. The van der Waals surface area contributed by atoms with Crippen molar-refractivity contribution in [1.82, 2.24) is 0 Å². The van der Waals surface area contributed by atoms with Gasteiger partial charge in [-0.2, -0.15) is 0 Å². The first-order valence-electron chi connectivity index (χ1n) is 6.70. The Hall–Kier alpha value is -2.03. The lowest BCUT2D eigenvalue weighted by Crippen LogP contribution is -2.01. The van der Waals surface area contributed by atoms with Crippen molar-refractivity contribution in [1.29, 1.82) is 0 Å². The Kier molecular flexibility index (Phi) is 3.82. The maximum absolute atomic E-state index is 10.7. The zero-order valence-electron chi connectivity index (χ0n) is 11.6. The molecule has 1 atom stereocenters. The molecule has 0 heterocycles. The number of aliphatic hydroxyl groups excluding tert-OH is 1. The third kappa shape index (κ3) is 2.60. The average Bonchev–Trinajstić information content (AvgIpc) is 2.55. The molecule has 0 aliphatic carbocycles. The molecule has 21 heavy (non-hydrogen) atoms. The minimum absolute atomic E-state index is 0.687. The molecule has 3 aromatic rings. The van der Waals surface area contributed by atoms with Crippen LogP contribution in [0.2, 0.25) is 5.02 Å². The lowest BCUT2D eigenvalue weighted by Gasteiger charge is -2.15. The number of methoxy groups -OCH3 is 1. The Morgan fingerprint density at radius 2 is 1.71 bits per heavy atom. The number of ether oxygens (including phenoxy) is 1. The van der Waals surface area contributed by atoms with Crippen LogP contribution in [0.3, 0.4) is 0 Å². The van der Waals surface area contributed by atoms with Crippen molar-refractivity contribution in [2.75, 3.05) is 7.11 Å². The van der Waals surface area contributed by atoms with Gasteiger partial charge in [-0.15, -0.1) is 0 Å². The van der Waals surface area contributed by atoms with E-state index < -0.39 is 6.10 Å². The molecule has 0 saturated carbocycles. The molecule has 106 valence electrons.